The summed E-state index contributed by atoms with van der Waals surface area (Å²) in [5.74, 6) is 0. The molecule has 0 atom stereocenters. The summed E-state index contributed by atoms with van der Waals surface area (Å²) in [7, 11) is 0. The highest BCUT2D eigenvalue weighted by atomic mass is 32.3. The lowest BCUT2D eigenvalue weighted by atomic mass is 10.3. The van der Waals surface area contributed by atoms with E-state index in [1.165, 1.54) is 18.8 Å². The quantitative estimate of drug-likeness (QED) is 0.505. The predicted octanol–water partition coefficient (Wildman–Crippen LogP) is 5.25. The Kier molecular flexibility index (Phi) is 8.48. The standard InChI is InChI=1S/C14H12N2S4/c1-17-13-14(18-2)20-12(19-13)8-6-4-3-5-7-11(9-15)10-16/h3-8H,1-2H3/b5-3+,6-4+. The monoisotopic (exact) mass is 336 g/mol. The van der Waals surface area contributed by atoms with E-state index in [1.807, 2.05) is 12.2 Å². The first-order chi connectivity index (χ1) is 9.74. The molecule has 0 amide bonds. The molecule has 2 nitrogen and oxygen atoms in total. The fraction of sp³-hybridized carbons (Fsp3) is 0.143. The van der Waals surface area contributed by atoms with Gasteiger partial charge in [0, 0.05) is 0 Å². The molecule has 0 aliphatic carbocycles. The van der Waals surface area contributed by atoms with Crippen LogP contribution in [0.15, 0.2) is 54.7 Å². The van der Waals surface area contributed by atoms with Crippen molar-refractivity contribution in [2.75, 3.05) is 12.5 Å². The number of hydrogen-bond acceptors (Lipinski definition) is 6. The lowest BCUT2D eigenvalue weighted by Crippen LogP contribution is -1.67. The maximum Gasteiger partial charge on any atom is 0.129 e. The van der Waals surface area contributed by atoms with Crippen molar-refractivity contribution in [3.8, 4) is 12.1 Å². The van der Waals surface area contributed by atoms with Crippen LogP contribution in [0.5, 0.6) is 0 Å². The van der Waals surface area contributed by atoms with E-state index in [4.69, 9.17) is 10.5 Å². The van der Waals surface area contributed by atoms with Crippen LogP contribution in [0.2, 0.25) is 0 Å². The van der Waals surface area contributed by atoms with Gasteiger partial charge < -0.3 is 0 Å². The van der Waals surface area contributed by atoms with Gasteiger partial charge in [-0.15, -0.1) is 23.5 Å². The average Bonchev–Trinajstić information content (AvgIpc) is 2.89. The number of nitriles is 2. The van der Waals surface area contributed by atoms with Crippen molar-refractivity contribution in [3.63, 3.8) is 0 Å². The predicted molar refractivity (Wildman–Crippen MR) is 94.9 cm³/mol. The summed E-state index contributed by atoms with van der Waals surface area (Å²) in [5, 5.41) is 17.1. The molecule has 0 spiro atoms. The van der Waals surface area contributed by atoms with Gasteiger partial charge in [-0.1, -0.05) is 47.8 Å². The average molecular weight is 337 g/mol. The van der Waals surface area contributed by atoms with Crippen molar-refractivity contribution in [2.45, 2.75) is 0 Å². The first-order valence-corrected chi connectivity index (χ1v) is 9.56. The lowest BCUT2D eigenvalue weighted by Gasteiger charge is -1.94. The van der Waals surface area contributed by atoms with E-state index in [0.717, 1.165) is 0 Å². The van der Waals surface area contributed by atoms with E-state index in [-0.39, 0.29) is 5.57 Å². The van der Waals surface area contributed by atoms with Crippen molar-refractivity contribution in [1.29, 1.82) is 10.5 Å². The van der Waals surface area contributed by atoms with Gasteiger partial charge in [0.1, 0.15) is 17.7 Å². The molecular weight excluding hydrogens is 324 g/mol. The van der Waals surface area contributed by atoms with E-state index in [2.05, 4.69) is 18.6 Å². The fourth-order valence-electron chi connectivity index (χ4n) is 1.12. The minimum atomic E-state index is 0.105. The van der Waals surface area contributed by atoms with Crippen LogP contribution in [0.25, 0.3) is 0 Å². The van der Waals surface area contributed by atoms with E-state index in [0.29, 0.717) is 0 Å². The Morgan fingerprint density at radius 2 is 1.50 bits per heavy atom. The number of allylic oxidation sites excluding steroid dienone is 7. The molecule has 0 saturated heterocycles. The van der Waals surface area contributed by atoms with Crippen LogP contribution >= 0.6 is 47.0 Å². The van der Waals surface area contributed by atoms with Crippen LogP contribution in [-0.2, 0) is 0 Å². The highest BCUT2D eigenvalue weighted by Gasteiger charge is 2.18. The van der Waals surface area contributed by atoms with Crippen LogP contribution in [-0.4, -0.2) is 12.5 Å². The van der Waals surface area contributed by atoms with E-state index in [1.54, 1.807) is 71.3 Å². The topological polar surface area (TPSA) is 47.6 Å². The van der Waals surface area contributed by atoms with Gasteiger partial charge in [-0.3, -0.25) is 0 Å². The van der Waals surface area contributed by atoms with E-state index < -0.39 is 0 Å². The number of hydrogen-bond donors (Lipinski definition) is 0. The molecule has 102 valence electrons. The summed E-state index contributed by atoms with van der Waals surface area (Å²) < 4.78 is 3.97. The molecule has 1 aliphatic rings. The maximum absolute atomic E-state index is 8.55. The Hall–Kier alpha value is -0.920. The maximum atomic E-state index is 8.55. The molecule has 0 aromatic rings. The molecule has 1 heterocycles. The Labute approximate surface area is 136 Å². The van der Waals surface area contributed by atoms with Gasteiger partial charge in [-0.05, 0) is 24.7 Å². The van der Waals surface area contributed by atoms with Gasteiger partial charge in [-0.2, -0.15) is 10.5 Å². The summed E-state index contributed by atoms with van der Waals surface area (Å²) in [4.78, 5) is 0. The first-order valence-electron chi connectivity index (χ1n) is 5.48. The highest BCUT2D eigenvalue weighted by Crippen LogP contribution is 2.56. The molecule has 6 heteroatoms. The van der Waals surface area contributed by atoms with Crippen molar-refractivity contribution in [1.82, 2.24) is 0 Å². The van der Waals surface area contributed by atoms with Crippen LogP contribution < -0.4 is 0 Å². The fourth-order valence-corrected chi connectivity index (χ4v) is 5.97. The zero-order valence-electron chi connectivity index (χ0n) is 11.0. The third-order valence-electron chi connectivity index (χ3n) is 1.99. The van der Waals surface area contributed by atoms with E-state index in [9.17, 15) is 0 Å². The van der Waals surface area contributed by atoms with Crippen LogP contribution in [0.3, 0.4) is 0 Å². The minimum absolute atomic E-state index is 0.105. The van der Waals surface area contributed by atoms with Gasteiger partial charge in [0.05, 0.1) is 12.7 Å². The van der Waals surface area contributed by atoms with Crippen LogP contribution in [0.4, 0.5) is 0 Å². The zero-order chi connectivity index (χ0) is 14.8. The molecule has 1 aliphatic heterocycles. The van der Waals surface area contributed by atoms with Gasteiger partial charge in [0.2, 0.25) is 0 Å². The second kappa shape index (κ2) is 9.90. The summed E-state index contributed by atoms with van der Waals surface area (Å²) >= 11 is 7.14. The molecule has 0 bridgehead atoms. The Morgan fingerprint density at radius 3 is 2.00 bits per heavy atom. The molecule has 1 rings (SSSR count). The number of thioether (sulfide) groups is 4. The second-order valence-electron chi connectivity index (χ2n) is 3.25. The molecule has 0 aromatic carbocycles. The lowest BCUT2D eigenvalue weighted by molar-refractivity contribution is 1.46. The van der Waals surface area contributed by atoms with Crippen molar-refractivity contribution in [2.24, 2.45) is 0 Å². The van der Waals surface area contributed by atoms with Gasteiger partial charge in [0.15, 0.2) is 0 Å². The second-order valence-corrected chi connectivity index (χ2v) is 7.76. The molecule has 0 fully saturated rings. The smallest absolute Gasteiger partial charge is 0.129 e. The Morgan fingerprint density at radius 1 is 0.950 bits per heavy atom. The normalized spacial score (nSPS) is 14.7. The SMILES string of the molecule is CSC1=C(SC)SC(=C/C=C/C=C/C=C(C#N)C#N)S1. The molecule has 0 saturated carbocycles. The van der Waals surface area contributed by atoms with Crippen LogP contribution in [0.1, 0.15) is 0 Å². The molecule has 0 aromatic heterocycles. The number of rotatable bonds is 5. The summed E-state index contributed by atoms with van der Waals surface area (Å²) in [6.07, 6.45) is 15.1. The summed E-state index contributed by atoms with van der Waals surface area (Å²) in [6.45, 7) is 0. The molecule has 0 radical (unpaired) electrons. The highest BCUT2D eigenvalue weighted by molar-refractivity contribution is 8.40. The molecule has 0 unspecified atom stereocenters. The van der Waals surface area contributed by atoms with Crippen molar-refractivity contribution in [3.05, 3.63) is 54.7 Å². The number of nitrogens with zero attached hydrogens (tertiary/aromatic N) is 2. The summed E-state index contributed by atoms with van der Waals surface area (Å²) in [5.41, 5.74) is 0.105. The third-order valence-corrected chi connectivity index (χ3v) is 7.11. The Bertz CT molecular complexity index is 549. The largest absolute Gasteiger partial charge is 0.192 e. The van der Waals surface area contributed by atoms with Crippen LogP contribution in [0, 0.1) is 22.7 Å². The van der Waals surface area contributed by atoms with Gasteiger partial charge in [-0.25, -0.2) is 0 Å². The van der Waals surface area contributed by atoms with Gasteiger partial charge in [0.25, 0.3) is 0 Å². The van der Waals surface area contributed by atoms with Crippen molar-refractivity contribution < 1.29 is 0 Å². The minimum Gasteiger partial charge on any atom is -0.192 e. The first kappa shape index (κ1) is 17.1. The van der Waals surface area contributed by atoms with Gasteiger partial charge >= 0.3 is 0 Å². The Balaban J connectivity index is 2.54. The molecule has 0 N–H and O–H groups in total. The van der Waals surface area contributed by atoms with Crippen molar-refractivity contribution >= 4 is 47.0 Å². The third kappa shape index (κ3) is 5.60. The zero-order valence-corrected chi connectivity index (χ0v) is 14.3. The summed E-state index contributed by atoms with van der Waals surface area (Å²) in [6, 6.07) is 3.61. The molecule has 20 heavy (non-hydrogen) atoms. The molecular formula is C14H12N2S4. The van der Waals surface area contributed by atoms with E-state index >= 15 is 0 Å².